The van der Waals surface area contributed by atoms with E-state index in [0.717, 1.165) is 24.1 Å². The van der Waals surface area contributed by atoms with Gasteiger partial charge in [-0.3, -0.25) is 0 Å². The fourth-order valence-corrected chi connectivity index (χ4v) is 6.79. The summed E-state index contributed by atoms with van der Waals surface area (Å²) in [6.45, 7) is 0.547. The Morgan fingerprint density at radius 1 is 0.969 bits per heavy atom. The second-order valence-corrected chi connectivity index (χ2v) is 10.9. The molecule has 32 heavy (non-hydrogen) atoms. The quantitative estimate of drug-likeness (QED) is 0.508. The maximum atomic E-state index is 14.5. The first-order chi connectivity index (χ1) is 15.3. The molecule has 0 N–H and O–H groups in total. The largest absolute Gasteiger partial charge is 0.350 e. The van der Waals surface area contributed by atoms with Crippen molar-refractivity contribution < 1.29 is 21.6 Å². The molecule has 1 saturated heterocycles. The van der Waals surface area contributed by atoms with Crippen molar-refractivity contribution in [2.45, 2.75) is 42.9 Å². The van der Waals surface area contributed by atoms with Gasteiger partial charge in [-0.2, -0.15) is 0 Å². The predicted octanol–water partition coefficient (Wildman–Crippen LogP) is 5.20. The van der Waals surface area contributed by atoms with Crippen LogP contribution < -0.4 is 4.90 Å². The molecular weight excluding hydrogens is 437 g/mol. The molecule has 2 aromatic carbocycles. The van der Waals surface area contributed by atoms with Crippen molar-refractivity contribution in [2.24, 2.45) is 0 Å². The van der Waals surface area contributed by atoms with Crippen LogP contribution in [0.4, 0.5) is 19.0 Å². The molecule has 0 radical (unpaired) electrons. The molecule has 1 aromatic heterocycles. The van der Waals surface area contributed by atoms with Gasteiger partial charge in [-0.25, -0.2) is 25.6 Å². The smallest absolute Gasteiger partial charge is 0.246 e. The van der Waals surface area contributed by atoms with E-state index >= 15 is 0 Å². The monoisotopic (exact) mass is 460 g/mol. The molecule has 0 unspecified atom stereocenters. The lowest BCUT2D eigenvalue weighted by molar-refractivity contribution is 0.555. The number of aromatic nitrogens is 1. The molecule has 1 aliphatic heterocycles. The van der Waals surface area contributed by atoms with Gasteiger partial charge in [0.2, 0.25) is 10.0 Å². The normalized spacial score (nSPS) is 20.0. The molecule has 3 aromatic rings. The summed E-state index contributed by atoms with van der Waals surface area (Å²) in [7, 11) is -3.77. The van der Waals surface area contributed by atoms with Crippen LogP contribution in [0.25, 0.3) is 0 Å². The summed E-state index contributed by atoms with van der Waals surface area (Å²) in [6.07, 6.45) is 4.21. The minimum Gasteiger partial charge on any atom is -0.350 e. The first kappa shape index (κ1) is 21.1. The minimum absolute atomic E-state index is 0.236. The lowest BCUT2D eigenvalue weighted by atomic mass is 10.0. The van der Waals surface area contributed by atoms with Gasteiger partial charge in [-0.05, 0) is 80.1 Å². The maximum absolute atomic E-state index is 14.5. The van der Waals surface area contributed by atoms with Crippen LogP contribution in [0.15, 0.2) is 60.8 Å². The molecule has 1 aliphatic carbocycles. The summed E-state index contributed by atoms with van der Waals surface area (Å²) in [6, 6.07) is 12.2. The highest BCUT2D eigenvalue weighted by molar-refractivity contribution is 7.91. The van der Waals surface area contributed by atoms with Gasteiger partial charge in [0.1, 0.15) is 23.3 Å². The second kappa shape index (κ2) is 7.69. The third kappa shape index (κ3) is 3.50. The van der Waals surface area contributed by atoms with E-state index in [1.165, 1.54) is 28.4 Å². The van der Waals surface area contributed by atoms with Crippen LogP contribution in [-0.2, 0) is 16.4 Å². The Morgan fingerprint density at radius 3 is 2.41 bits per heavy atom. The van der Waals surface area contributed by atoms with Crippen molar-refractivity contribution >= 4 is 15.8 Å². The van der Waals surface area contributed by atoms with Gasteiger partial charge in [0.15, 0.2) is 0 Å². The molecule has 8 heteroatoms. The number of rotatable bonds is 6. The lowest BCUT2D eigenvalue weighted by Crippen LogP contribution is -2.34. The van der Waals surface area contributed by atoms with Crippen LogP contribution in [0.2, 0.25) is 0 Å². The first-order valence-electron chi connectivity index (χ1n) is 10.7. The van der Waals surface area contributed by atoms with E-state index in [1.807, 2.05) is 4.90 Å². The zero-order valence-corrected chi connectivity index (χ0v) is 18.2. The Bertz CT molecular complexity index is 1250. The van der Waals surface area contributed by atoms with Crippen molar-refractivity contribution in [1.82, 2.24) is 3.97 Å². The third-order valence-electron chi connectivity index (χ3n) is 6.61. The summed E-state index contributed by atoms with van der Waals surface area (Å²) in [5.74, 6) is -0.924. The van der Waals surface area contributed by atoms with E-state index in [1.54, 1.807) is 24.3 Å². The number of nitrogens with zero attached hydrogens (tertiary/aromatic N) is 2. The SMILES string of the molecule is O=S(=O)(n1cccc1N1CCC[C@@H]1c1cc(F)ccc1F)C1(Cc2ccc(F)cc2)CC1. The minimum atomic E-state index is -3.77. The number of halogens is 3. The van der Waals surface area contributed by atoms with E-state index < -0.39 is 32.4 Å². The zero-order chi connectivity index (χ0) is 22.5. The summed E-state index contributed by atoms with van der Waals surface area (Å²) in [5, 5.41) is 0. The Hall–Kier alpha value is -2.74. The van der Waals surface area contributed by atoms with Crippen LogP contribution in [0.5, 0.6) is 0 Å². The number of hydrogen-bond acceptors (Lipinski definition) is 3. The summed E-state index contributed by atoms with van der Waals surface area (Å²) in [4.78, 5) is 1.85. The van der Waals surface area contributed by atoms with Gasteiger partial charge < -0.3 is 4.90 Å². The number of anilines is 1. The highest BCUT2D eigenvalue weighted by Gasteiger charge is 2.55. The van der Waals surface area contributed by atoms with Crippen molar-refractivity contribution in [2.75, 3.05) is 11.4 Å². The first-order valence-corrected chi connectivity index (χ1v) is 12.1. The summed E-state index contributed by atoms with van der Waals surface area (Å²) in [5.41, 5.74) is 1.00. The Balaban J connectivity index is 1.49. The zero-order valence-electron chi connectivity index (χ0n) is 17.3. The molecule has 2 aliphatic rings. The molecule has 0 amide bonds. The van der Waals surface area contributed by atoms with Crippen molar-refractivity contribution in [3.63, 3.8) is 0 Å². The van der Waals surface area contributed by atoms with E-state index in [4.69, 9.17) is 0 Å². The number of benzene rings is 2. The lowest BCUT2D eigenvalue weighted by Gasteiger charge is -2.29. The molecule has 168 valence electrons. The van der Waals surface area contributed by atoms with Crippen LogP contribution in [-0.4, -0.2) is 23.7 Å². The average molecular weight is 461 g/mol. The van der Waals surface area contributed by atoms with Crippen molar-refractivity contribution in [1.29, 1.82) is 0 Å². The third-order valence-corrected chi connectivity index (χ3v) is 9.08. The maximum Gasteiger partial charge on any atom is 0.246 e. The molecule has 4 nitrogen and oxygen atoms in total. The van der Waals surface area contributed by atoms with Gasteiger partial charge in [0.05, 0.1) is 10.8 Å². The standard InChI is InChI=1S/C24H23F3N2O2S/c25-18-7-5-17(6-8-18)16-24(11-12-24)32(30,31)29-14-2-4-23(29)28-13-1-3-22(28)20-15-19(26)9-10-21(20)27/h2,4-10,14-15,22H,1,3,11-13,16H2/t22-/m1/s1. The number of hydrogen-bond donors (Lipinski definition) is 0. The van der Waals surface area contributed by atoms with Gasteiger partial charge in [-0.15, -0.1) is 0 Å². The molecule has 1 saturated carbocycles. The summed E-state index contributed by atoms with van der Waals surface area (Å²) >= 11 is 0. The molecule has 5 rings (SSSR count). The van der Waals surface area contributed by atoms with Crippen LogP contribution in [0, 0.1) is 17.5 Å². The van der Waals surface area contributed by atoms with Gasteiger partial charge in [-0.1, -0.05) is 12.1 Å². The molecule has 0 bridgehead atoms. The van der Waals surface area contributed by atoms with Crippen molar-refractivity contribution in [3.05, 3.63) is 89.4 Å². The highest BCUT2D eigenvalue weighted by Crippen LogP contribution is 2.49. The van der Waals surface area contributed by atoms with Gasteiger partial charge >= 0.3 is 0 Å². The van der Waals surface area contributed by atoms with Gasteiger partial charge in [0, 0.05) is 18.3 Å². The van der Waals surface area contributed by atoms with E-state index in [-0.39, 0.29) is 11.4 Å². The Labute approximate surface area is 185 Å². The Morgan fingerprint density at radius 2 is 1.69 bits per heavy atom. The van der Waals surface area contributed by atoms with Crippen LogP contribution in [0.3, 0.4) is 0 Å². The average Bonchev–Trinajstić information content (AvgIpc) is 3.18. The van der Waals surface area contributed by atoms with E-state index in [0.29, 0.717) is 38.0 Å². The molecule has 2 fully saturated rings. The van der Waals surface area contributed by atoms with Crippen LogP contribution in [0.1, 0.15) is 42.9 Å². The van der Waals surface area contributed by atoms with E-state index in [9.17, 15) is 21.6 Å². The molecule has 2 heterocycles. The molecular formula is C24H23F3N2O2S. The van der Waals surface area contributed by atoms with Crippen LogP contribution >= 0.6 is 0 Å². The fraction of sp³-hybridized carbons (Fsp3) is 0.333. The topological polar surface area (TPSA) is 42.3 Å². The fourth-order valence-electron chi connectivity index (χ4n) is 4.77. The predicted molar refractivity (Wildman–Crippen MR) is 116 cm³/mol. The molecule has 0 spiro atoms. The summed E-state index contributed by atoms with van der Waals surface area (Å²) < 4.78 is 69.4. The van der Waals surface area contributed by atoms with Gasteiger partial charge in [0.25, 0.3) is 0 Å². The van der Waals surface area contributed by atoms with Crippen molar-refractivity contribution in [3.8, 4) is 0 Å². The highest BCUT2D eigenvalue weighted by atomic mass is 32.2. The Kier molecular flexibility index (Phi) is 5.08. The second-order valence-electron chi connectivity index (χ2n) is 8.67. The molecule has 1 atom stereocenters. The van der Waals surface area contributed by atoms with E-state index in [2.05, 4.69) is 0 Å².